The quantitative estimate of drug-likeness (QED) is 0.793. The van der Waals surface area contributed by atoms with Crippen molar-refractivity contribution in [2.75, 3.05) is 31.8 Å². The van der Waals surface area contributed by atoms with Crippen molar-refractivity contribution in [3.8, 4) is 5.75 Å². The number of carbonyl (C=O) groups is 2. The third-order valence-electron chi connectivity index (χ3n) is 5.77. The van der Waals surface area contributed by atoms with Crippen LogP contribution in [0.15, 0.2) is 30.5 Å². The number of para-hydroxylation sites is 2. The molecule has 4 heterocycles. The lowest BCUT2D eigenvalue weighted by molar-refractivity contribution is -0.127. The van der Waals surface area contributed by atoms with Crippen molar-refractivity contribution in [2.45, 2.75) is 31.1 Å². The number of nitrogens with one attached hydrogen (secondary N) is 1. The van der Waals surface area contributed by atoms with Gasteiger partial charge in [0, 0.05) is 25.4 Å². The fourth-order valence-electron chi connectivity index (χ4n) is 4.15. The molecular formula is C21H22N4O5. The van der Waals surface area contributed by atoms with Gasteiger partial charge in [0.1, 0.15) is 24.0 Å². The van der Waals surface area contributed by atoms with E-state index in [-0.39, 0.29) is 18.3 Å². The Morgan fingerprint density at radius 3 is 3.03 bits per heavy atom. The highest BCUT2D eigenvalue weighted by Gasteiger charge is 2.44. The molecule has 1 fully saturated rings. The lowest BCUT2D eigenvalue weighted by atomic mass is 9.92. The molecule has 5 rings (SSSR count). The highest BCUT2D eigenvalue weighted by molar-refractivity contribution is 6.02. The van der Waals surface area contributed by atoms with E-state index in [9.17, 15) is 9.59 Å². The van der Waals surface area contributed by atoms with Gasteiger partial charge in [-0.3, -0.25) is 9.59 Å². The minimum atomic E-state index is -0.852. The van der Waals surface area contributed by atoms with Crippen LogP contribution in [0.5, 0.6) is 5.75 Å². The molecule has 0 saturated carbocycles. The van der Waals surface area contributed by atoms with Gasteiger partial charge in [0.2, 0.25) is 5.82 Å². The molecule has 1 N–H and O–H groups in total. The zero-order chi connectivity index (χ0) is 20.7. The van der Waals surface area contributed by atoms with Crippen LogP contribution < -0.4 is 15.0 Å². The number of benzene rings is 1. The number of amides is 2. The van der Waals surface area contributed by atoms with E-state index >= 15 is 0 Å². The van der Waals surface area contributed by atoms with Crippen molar-refractivity contribution in [2.24, 2.45) is 0 Å². The first-order chi connectivity index (χ1) is 14.6. The molecule has 2 atom stereocenters. The van der Waals surface area contributed by atoms with E-state index in [1.165, 1.54) is 4.90 Å². The Hall–Kier alpha value is -3.04. The smallest absolute Gasteiger partial charge is 0.289 e. The van der Waals surface area contributed by atoms with Crippen LogP contribution in [-0.2, 0) is 26.5 Å². The molecule has 30 heavy (non-hydrogen) atoms. The molecule has 0 radical (unpaired) electrons. The lowest BCUT2D eigenvalue weighted by Gasteiger charge is -2.32. The number of ether oxygens (including phenoxy) is 3. The summed E-state index contributed by atoms with van der Waals surface area (Å²) in [5.74, 6) is -0.204. The van der Waals surface area contributed by atoms with Gasteiger partial charge < -0.3 is 24.4 Å². The number of hydrogen-bond acceptors (Lipinski definition) is 7. The van der Waals surface area contributed by atoms with Crippen LogP contribution in [0.1, 0.15) is 34.7 Å². The second-order valence-electron chi connectivity index (χ2n) is 7.71. The third kappa shape index (κ3) is 3.10. The Morgan fingerprint density at radius 2 is 2.20 bits per heavy atom. The molecule has 1 aromatic carbocycles. The van der Waals surface area contributed by atoms with Crippen LogP contribution in [0, 0.1) is 0 Å². The molecular weight excluding hydrogens is 388 g/mol. The number of anilines is 1. The fourth-order valence-corrected chi connectivity index (χ4v) is 4.15. The standard InChI is InChI=1S/C21H22N4O5/c1-25-15-5-2-3-6-16(15)29-11-14(20(25)27)23-19(26)18-22-9-13-10-30-21(17(13)24-18)7-4-8-28-12-21/h2-3,5-6,9,14H,4,7-8,10-12H2,1H3,(H,23,26)/t14?,21-/m0/s1. The van der Waals surface area contributed by atoms with Crippen molar-refractivity contribution in [1.29, 1.82) is 0 Å². The largest absolute Gasteiger partial charge is 0.489 e. The van der Waals surface area contributed by atoms with E-state index in [0.717, 1.165) is 18.4 Å². The summed E-state index contributed by atoms with van der Waals surface area (Å²) < 4.78 is 17.3. The fraction of sp³-hybridized carbons (Fsp3) is 0.429. The van der Waals surface area contributed by atoms with Gasteiger partial charge in [-0.2, -0.15) is 0 Å². The number of carbonyl (C=O) groups excluding carboxylic acids is 2. The summed E-state index contributed by atoms with van der Waals surface area (Å²) in [6, 6.07) is 6.40. The Kier molecular flexibility index (Phi) is 4.63. The zero-order valence-electron chi connectivity index (χ0n) is 16.6. The molecule has 156 valence electrons. The van der Waals surface area contributed by atoms with Gasteiger partial charge in [0.25, 0.3) is 11.8 Å². The second-order valence-corrected chi connectivity index (χ2v) is 7.71. The summed E-state index contributed by atoms with van der Waals surface area (Å²) in [6.07, 6.45) is 3.27. The Labute approximate surface area is 173 Å². The molecule has 2 aromatic rings. The van der Waals surface area contributed by atoms with E-state index < -0.39 is 17.6 Å². The maximum absolute atomic E-state index is 12.9. The van der Waals surface area contributed by atoms with Crippen LogP contribution in [0.3, 0.4) is 0 Å². The van der Waals surface area contributed by atoms with Crippen molar-refractivity contribution in [3.05, 3.63) is 47.5 Å². The van der Waals surface area contributed by atoms with Crippen LogP contribution in [0.2, 0.25) is 0 Å². The molecule has 9 nitrogen and oxygen atoms in total. The Bertz CT molecular complexity index is 999. The van der Waals surface area contributed by atoms with Gasteiger partial charge in [-0.15, -0.1) is 0 Å². The van der Waals surface area contributed by atoms with Gasteiger partial charge in [-0.05, 0) is 25.0 Å². The summed E-state index contributed by atoms with van der Waals surface area (Å²) >= 11 is 0. The van der Waals surface area contributed by atoms with Gasteiger partial charge >= 0.3 is 0 Å². The monoisotopic (exact) mass is 410 g/mol. The summed E-state index contributed by atoms with van der Waals surface area (Å²) in [5.41, 5.74) is 1.61. The van der Waals surface area contributed by atoms with E-state index in [1.54, 1.807) is 25.4 Å². The van der Waals surface area contributed by atoms with E-state index in [4.69, 9.17) is 14.2 Å². The molecule has 3 aliphatic rings. The molecule has 9 heteroatoms. The maximum atomic E-state index is 12.9. The van der Waals surface area contributed by atoms with Crippen LogP contribution in [0.25, 0.3) is 0 Å². The molecule has 1 spiro atoms. The predicted octanol–water partition coefficient (Wildman–Crippen LogP) is 1.17. The third-order valence-corrected chi connectivity index (χ3v) is 5.77. The number of nitrogens with zero attached hydrogens (tertiary/aromatic N) is 3. The first-order valence-electron chi connectivity index (χ1n) is 9.96. The number of likely N-dealkylation sites (N-methyl/N-ethyl adjacent to an activating group) is 1. The molecule has 1 saturated heterocycles. The number of fused-ring (bicyclic) bond motifs is 3. The molecule has 2 amide bonds. The first-order valence-corrected chi connectivity index (χ1v) is 9.96. The highest BCUT2D eigenvalue weighted by Crippen LogP contribution is 2.40. The maximum Gasteiger partial charge on any atom is 0.289 e. The average molecular weight is 410 g/mol. The summed E-state index contributed by atoms with van der Waals surface area (Å²) in [4.78, 5) is 35.9. The van der Waals surface area contributed by atoms with Gasteiger partial charge in [-0.25, -0.2) is 9.97 Å². The number of rotatable bonds is 2. The van der Waals surface area contributed by atoms with Crippen LogP contribution in [0.4, 0.5) is 5.69 Å². The topological polar surface area (TPSA) is 103 Å². The van der Waals surface area contributed by atoms with Crippen molar-refractivity contribution < 1.29 is 23.8 Å². The van der Waals surface area contributed by atoms with Crippen LogP contribution in [-0.4, -0.2) is 54.7 Å². The Balaban J connectivity index is 1.36. The van der Waals surface area contributed by atoms with Gasteiger partial charge in [-0.1, -0.05) is 12.1 Å². The number of aromatic nitrogens is 2. The highest BCUT2D eigenvalue weighted by atomic mass is 16.5. The minimum absolute atomic E-state index is 0.00131. The van der Waals surface area contributed by atoms with Crippen LogP contribution >= 0.6 is 0 Å². The van der Waals surface area contributed by atoms with Crippen molar-refractivity contribution in [1.82, 2.24) is 15.3 Å². The van der Waals surface area contributed by atoms with Crippen molar-refractivity contribution in [3.63, 3.8) is 0 Å². The predicted molar refractivity (Wildman–Crippen MR) is 105 cm³/mol. The average Bonchev–Trinajstić information content (AvgIpc) is 3.07. The summed E-state index contributed by atoms with van der Waals surface area (Å²) in [5, 5.41) is 2.72. The zero-order valence-corrected chi connectivity index (χ0v) is 16.6. The second kappa shape index (κ2) is 7.33. The van der Waals surface area contributed by atoms with E-state index in [0.29, 0.717) is 37.0 Å². The summed E-state index contributed by atoms with van der Waals surface area (Å²) in [6.45, 7) is 1.53. The van der Waals surface area contributed by atoms with E-state index in [2.05, 4.69) is 15.3 Å². The Morgan fingerprint density at radius 1 is 1.33 bits per heavy atom. The SMILES string of the molecule is CN1C(=O)C(NC(=O)c2ncc3c(n2)[C@@]2(CCCOC2)OC3)COc2ccccc21. The summed E-state index contributed by atoms with van der Waals surface area (Å²) in [7, 11) is 1.66. The van der Waals surface area contributed by atoms with Gasteiger partial charge in [0.05, 0.1) is 24.6 Å². The molecule has 1 aromatic heterocycles. The molecule has 3 aliphatic heterocycles. The minimum Gasteiger partial charge on any atom is -0.489 e. The normalized spacial score (nSPS) is 25.3. The lowest BCUT2D eigenvalue weighted by Crippen LogP contribution is -2.49. The number of hydrogen-bond donors (Lipinski definition) is 1. The molecule has 0 bridgehead atoms. The van der Waals surface area contributed by atoms with E-state index in [1.807, 2.05) is 12.1 Å². The first kappa shape index (κ1) is 19.0. The van der Waals surface area contributed by atoms with Crippen molar-refractivity contribution >= 4 is 17.5 Å². The van der Waals surface area contributed by atoms with Gasteiger partial charge in [0.15, 0.2) is 0 Å². The molecule has 0 aliphatic carbocycles. The molecule has 1 unspecified atom stereocenters.